The molecule has 2 saturated heterocycles. The van der Waals surface area contributed by atoms with Gasteiger partial charge in [0.1, 0.15) is 5.75 Å². The number of nitrogens with one attached hydrogen (secondary N) is 1. The fraction of sp³-hybridized carbons (Fsp3) is 0.556. The van der Waals surface area contributed by atoms with Crippen LogP contribution in [0.15, 0.2) is 18.2 Å². The molecule has 24 heavy (non-hydrogen) atoms. The zero-order valence-electron chi connectivity index (χ0n) is 14.3. The Morgan fingerprint density at radius 3 is 2.50 bits per heavy atom. The van der Waals surface area contributed by atoms with Gasteiger partial charge in [0.05, 0.1) is 11.6 Å². The summed E-state index contributed by atoms with van der Waals surface area (Å²) < 4.78 is 0. The van der Waals surface area contributed by atoms with E-state index in [2.05, 4.69) is 10.2 Å². The second-order valence-electron chi connectivity index (χ2n) is 6.87. The maximum absolute atomic E-state index is 12.3. The van der Waals surface area contributed by atoms with Gasteiger partial charge < -0.3 is 15.3 Å². The third-order valence-corrected chi connectivity index (χ3v) is 5.10. The molecule has 0 aliphatic carbocycles. The lowest BCUT2D eigenvalue weighted by molar-refractivity contribution is -0.131. The van der Waals surface area contributed by atoms with Crippen LogP contribution in [-0.4, -0.2) is 65.5 Å². The molecular weight excluding hydrogens is 306 g/mol. The van der Waals surface area contributed by atoms with Crippen LogP contribution in [0.1, 0.15) is 35.2 Å². The van der Waals surface area contributed by atoms with Crippen LogP contribution in [0.4, 0.5) is 0 Å². The highest BCUT2D eigenvalue weighted by molar-refractivity contribution is 5.97. The zero-order valence-corrected chi connectivity index (χ0v) is 14.3. The Morgan fingerprint density at radius 2 is 1.92 bits per heavy atom. The molecule has 2 N–H and O–H groups in total. The molecule has 130 valence electrons. The summed E-state index contributed by atoms with van der Waals surface area (Å²) in [6.07, 6.45) is 2.54. The predicted octanol–water partition coefficient (Wildman–Crippen LogP) is 1.13. The minimum Gasteiger partial charge on any atom is -0.507 e. The van der Waals surface area contributed by atoms with E-state index in [1.54, 1.807) is 17.0 Å². The highest BCUT2D eigenvalue weighted by Crippen LogP contribution is 2.22. The first kappa shape index (κ1) is 16.8. The van der Waals surface area contributed by atoms with Crippen LogP contribution < -0.4 is 5.32 Å². The Labute approximate surface area is 142 Å². The number of benzene rings is 1. The third kappa shape index (κ3) is 3.38. The zero-order chi connectivity index (χ0) is 17.3. The average Bonchev–Trinajstić information content (AvgIpc) is 2.87. The van der Waals surface area contributed by atoms with E-state index in [4.69, 9.17) is 0 Å². The van der Waals surface area contributed by atoms with Gasteiger partial charge in [0.15, 0.2) is 0 Å². The maximum atomic E-state index is 12.3. The summed E-state index contributed by atoms with van der Waals surface area (Å²) in [6, 6.07) is 5.16. The summed E-state index contributed by atoms with van der Waals surface area (Å²) in [5.41, 5.74) is 1.24. The Kier molecular flexibility index (Phi) is 4.76. The number of carbonyl (C=O) groups is 2. The van der Waals surface area contributed by atoms with Crippen molar-refractivity contribution in [1.29, 1.82) is 0 Å². The van der Waals surface area contributed by atoms with Gasteiger partial charge in [-0.25, -0.2) is 0 Å². The number of aryl methyl sites for hydroxylation is 1. The molecule has 6 heteroatoms. The van der Waals surface area contributed by atoms with Crippen molar-refractivity contribution in [2.45, 2.75) is 38.3 Å². The summed E-state index contributed by atoms with van der Waals surface area (Å²) in [5.74, 6) is -0.00536. The number of likely N-dealkylation sites (tertiary alicyclic amines) is 2. The van der Waals surface area contributed by atoms with Gasteiger partial charge in [-0.1, -0.05) is 6.07 Å². The van der Waals surface area contributed by atoms with Crippen LogP contribution in [-0.2, 0) is 4.79 Å². The van der Waals surface area contributed by atoms with Crippen molar-refractivity contribution in [3.63, 3.8) is 0 Å². The van der Waals surface area contributed by atoms with Crippen molar-refractivity contribution in [2.75, 3.05) is 26.7 Å². The fourth-order valence-electron chi connectivity index (χ4n) is 3.60. The van der Waals surface area contributed by atoms with Gasteiger partial charge in [-0.05, 0) is 43.9 Å². The molecule has 0 radical (unpaired) electrons. The lowest BCUT2D eigenvalue weighted by Crippen LogP contribution is -2.50. The normalized spacial score (nSPS) is 22.8. The second-order valence-corrected chi connectivity index (χ2v) is 6.87. The third-order valence-electron chi connectivity index (χ3n) is 5.10. The standard InChI is InChI=1S/C18H25N3O3/c1-12-3-4-14(16(22)11-12)17(23)19-13-5-9-21(10-6-13)15-7-8-20(2)18(15)24/h3-4,11,13,15,22H,5-10H2,1-2H3,(H,19,23). The molecule has 1 aromatic carbocycles. The van der Waals surface area contributed by atoms with Crippen molar-refractivity contribution in [2.24, 2.45) is 0 Å². The number of phenols is 1. The summed E-state index contributed by atoms with van der Waals surface area (Å²) in [7, 11) is 1.85. The predicted molar refractivity (Wildman–Crippen MR) is 90.9 cm³/mol. The quantitative estimate of drug-likeness (QED) is 0.871. The van der Waals surface area contributed by atoms with Crippen LogP contribution in [0.5, 0.6) is 5.75 Å². The Bertz CT molecular complexity index is 638. The minimum absolute atomic E-state index is 0.00722. The monoisotopic (exact) mass is 331 g/mol. The molecule has 0 spiro atoms. The van der Waals surface area contributed by atoms with E-state index < -0.39 is 0 Å². The first-order chi connectivity index (χ1) is 11.5. The van der Waals surface area contributed by atoms with E-state index in [1.165, 1.54) is 0 Å². The fourth-order valence-corrected chi connectivity index (χ4v) is 3.60. The smallest absolute Gasteiger partial charge is 0.255 e. The molecular formula is C18H25N3O3. The second kappa shape index (κ2) is 6.81. The van der Waals surface area contributed by atoms with E-state index in [0.29, 0.717) is 5.56 Å². The largest absolute Gasteiger partial charge is 0.507 e. The highest BCUT2D eigenvalue weighted by Gasteiger charge is 2.35. The van der Waals surface area contributed by atoms with Crippen LogP contribution in [0, 0.1) is 6.92 Å². The molecule has 2 amide bonds. The van der Waals surface area contributed by atoms with E-state index in [0.717, 1.165) is 44.5 Å². The van der Waals surface area contributed by atoms with Crippen molar-refractivity contribution in [3.8, 4) is 5.75 Å². The summed E-state index contributed by atoms with van der Waals surface area (Å²) in [5, 5.41) is 12.9. The summed E-state index contributed by atoms with van der Waals surface area (Å²) in [6.45, 7) is 4.33. The van der Waals surface area contributed by atoms with Gasteiger partial charge in [0.2, 0.25) is 5.91 Å². The number of hydrogen-bond acceptors (Lipinski definition) is 4. The van der Waals surface area contributed by atoms with Gasteiger partial charge in [-0.15, -0.1) is 0 Å². The first-order valence-corrected chi connectivity index (χ1v) is 8.55. The van der Waals surface area contributed by atoms with Crippen LogP contribution >= 0.6 is 0 Å². The van der Waals surface area contributed by atoms with Crippen LogP contribution in [0.2, 0.25) is 0 Å². The highest BCUT2D eigenvalue weighted by atomic mass is 16.3. The van der Waals surface area contributed by atoms with Crippen LogP contribution in [0.3, 0.4) is 0 Å². The van der Waals surface area contributed by atoms with Gasteiger partial charge in [-0.3, -0.25) is 14.5 Å². The lowest BCUT2D eigenvalue weighted by Gasteiger charge is -2.35. The maximum Gasteiger partial charge on any atom is 0.255 e. The minimum atomic E-state index is -0.234. The molecule has 3 rings (SSSR count). The topological polar surface area (TPSA) is 72.9 Å². The van der Waals surface area contributed by atoms with E-state index in [1.807, 2.05) is 20.0 Å². The number of likely N-dealkylation sites (N-methyl/N-ethyl adjacent to an activating group) is 1. The molecule has 2 heterocycles. The molecule has 0 bridgehead atoms. The van der Waals surface area contributed by atoms with Crippen molar-refractivity contribution in [1.82, 2.24) is 15.1 Å². The molecule has 1 atom stereocenters. The van der Waals surface area contributed by atoms with E-state index in [9.17, 15) is 14.7 Å². The number of amides is 2. The summed E-state index contributed by atoms with van der Waals surface area (Å²) in [4.78, 5) is 28.5. The number of phenolic OH excluding ortho intramolecular Hbond substituents is 1. The SMILES string of the molecule is Cc1ccc(C(=O)NC2CCN(C3CCN(C)C3=O)CC2)c(O)c1. The van der Waals surface area contributed by atoms with Crippen molar-refractivity contribution >= 4 is 11.8 Å². The Balaban J connectivity index is 1.54. The Morgan fingerprint density at radius 1 is 1.21 bits per heavy atom. The molecule has 0 aromatic heterocycles. The van der Waals surface area contributed by atoms with E-state index in [-0.39, 0.29) is 29.6 Å². The molecule has 0 saturated carbocycles. The summed E-state index contributed by atoms with van der Waals surface area (Å²) >= 11 is 0. The molecule has 1 unspecified atom stereocenters. The number of rotatable bonds is 3. The van der Waals surface area contributed by atoms with E-state index >= 15 is 0 Å². The van der Waals surface area contributed by atoms with Crippen LogP contribution in [0.25, 0.3) is 0 Å². The van der Waals surface area contributed by atoms with Crippen molar-refractivity contribution in [3.05, 3.63) is 29.3 Å². The van der Waals surface area contributed by atoms with Gasteiger partial charge >= 0.3 is 0 Å². The average molecular weight is 331 g/mol. The number of nitrogens with zero attached hydrogens (tertiary/aromatic N) is 2. The number of hydrogen-bond donors (Lipinski definition) is 2. The molecule has 6 nitrogen and oxygen atoms in total. The number of aromatic hydroxyl groups is 1. The van der Waals surface area contributed by atoms with Gasteiger partial charge in [0, 0.05) is 32.7 Å². The first-order valence-electron chi connectivity index (χ1n) is 8.55. The number of carbonyl (C=O) groups excluding carboxylic acids is 2. The Hall–Kier alpha value is -2.08. The number of piperidine rings is 1. The molecule has 1 aromatic rings. The molecule has 2 fully saturated rings. The lowest BCUT2D eigenvalue weighted by atomic mass is 10.0. The molecule has 2 aliphatic heterocycles. The van der Waals surface area contributed by atoms with Gasteiger partial charge in [0.25, 0.3) is 5.91 Å². The molecule has 2 aliphatic rings. The van der Waals surface area contributed by atoms with Crippen molar-refractivity contribution < 1.29 is 14.7 Å². The van der Waals surface area contributed by atoms with Gasteiger partial charge in [-0.2, -0.15) is 0 Å².